The van der Waals surface area contributed by atoms with Crippen molar-refractivity contribution in [2.45, 2.75) is 40.0 Å². The lowest BCUT2D eigenvalue weighted by atomic mass is 10.0. The molecule has 0 aliphatic carbocycles. The topological polar surface area (TPSA) is 33.2 Å². The molecule has 0 aromatic carbocycles. The maximum Gasteiger partial charge on any atom is 0.225 e. The van der Waals surface area contributed by atoms with E-state index < -0.39 is 0 Å². The van der Waals surface area contributed by atoms with Crippen molar-refractivity contribution in [2.24, 2.45) is 5.92 Å². The average Bonchev–Trinajstić information content (AvgIpc) is 2.42. The van der Waals surface area contributed by atoms with Gasteiger partial charge in [0.25, 0.3) is 0 Å². The van der Waals surface area contributed by atoms with Crippen LogP contribution < -0.4 is 0 Å². The van der Waals surface area contributed by atoms with E-state index in [0.717, 1.165) is 32.4 Å². The minimum atomic E-state index is 0.183. The smallest absolute Gasteiger partial charge is 0.225 e. The zero-order valence-electron chi connectivity index (χ0n) is 11.7. The van der Waals surface area contributed by atoms with E-state index >= 15 is 0 Å². The molecule has 0 aliphatic heterocycles. The van der Waals surface area contributed by atoms with Crippen LogP contribution in [0.5, 0.6) is 0 Å². The lowest BCUT2D eigenvalue weighted by Gasteiger charge is -2.25. The molecule has 0 fully saturated rings. The van der Waals surface area contributed by atoms with Gasteiger partial charge in [-0.15, -0.1) is 0 Å². The van der Waals surface area contributed by atoms with Crippen LogP contribution in [0.4, 0.5) is 0 Å². The molecule has 0 radical (unpaired) electrons. The molecule has 1 aromatic rings. The largest absolute Gasteiger partial charge is 0.342 e. The van der Waals surface area contributed by atoms with Gasteiger partial charge in [-0.2, -0.15) is 0 Å². The normalized spacial score (nSPS) is 10.7. The quantitative estimate of drug-likeness (QED) is 0.743. The summed E-state index contributed by atoms with van der Waals surface area (Å²) in [7, 11) is 0. The average molecular weight is 248 g/mol. The molecule has 18 heavy (non-hydrogen) atoms. The Hall–Kier alpha value is -1.38. The summed E-state index contributed by atoms with van der Waals surface area (Å²) in [5.74, 6) is 0.485. The zero-order chi connectivity index (χ0) is 13.4. The molecular weight excluding hydrogens is 224 g/mol. The molecule has 3 heteroatoms. The van der Waals surface area contributed by atoms with Crippen molar-refractivity contribution in [2.75, 3.05) is 13.1 Å². The number of carbonyl (C=O) groups is 1. The molecule has 1 aromatic heterocycles. The highest BCUT2D eigenvalue weighted by atomic mass is 16.2. The van der Waals surface area contributed by atoms with Gasteiger partial charge >= 0.3 is 0 Å². The van der Waals surface area contributed by atoms with E-state index in [2.05, 4.69) is 18.8 Å². The molecule has 0 aliphatic rings. The summed E-state index contributed by atoms with van der Waals surface area (Å²) in [5, 5.41) is 0. The number of amides is 1. The summed E-state index contributed by atoms with van der Waals surface area (Å²) in [6.07, 6.45) is 6.37. The van der Waals surface area contributed by atoms with Crippen molar-refractivity contribution in [3.63, 3.8) is 0 Å². The molecule has 1 heterocycles. The standard InChI is InChI=1S/C15H24N2O/c1-4-14(5-2)15(18)17(6-3)12-9-13-7-10-16-11-8-13/h7-8,10-11,14H,4-6,9,12H2,1-3H3. The first-order valence-electron chi connectivity index (χ1n) is 6.90. The fraction of sp³-hybridized carbons (Fsp3) is 0.600. The first kappa shape index (κ1) is 14.7. The van der Waals surface area contributed by atoms with Crippen LogP contribution in [0.25, 0.3) is 0 Å². The Kier molecular flexibility index (Phi) is 6.40. The molecule has 0 unspecified atom stereocenters. The van der Waals surface area contributed by atoms with Crippen LogP contribution in [0.1, 0.15) is 39.2 Å². The molecular formula is C15H24N2O. The minimum absolute atomic E-state index is 0.183. The summed E-state index contributed by atoms with van der Waals surface area (Å²) in [4.78, 5) is 18.2. The molecule has 0 saturated heterocycles. The molecule has 0 N–H and O–H groups in total. The molecule has 0 spiro atoms. The van der Waals surface area contributed by atoms with Crippen LogP contribution in [0.15, 0.2) is 24.5 Å². The Morgan fingerprint density at radius 3 is 2.33 bits per heavy atom. The number of nitrogens with zero attached hydrogens (tertiary/aromatic N) is 2. The fourth-order valence-corrected chi connectivity index (χ4v) is 2.13. The van der Waals surface area contributed by atoms with Crippen LogP contribution in [0.3, 0.4) is 0 Å². The molecule has 1 rings (SSSR count). The van der Waals surface area contributed by atoms with Crippen LogP contribution >= 0.6 is 0 Å². The van der Waals surface area contributed by atoms with Gasteiger partial charge in [-0.05, 0) is 43.9 Å². The highest BCUT2D eigenvalue weighted by molar-refractivity contribution is 5.78. The molecule has 100 valence electrons. The van der Waals surface area contributed by atoms with Gasteiger partial charge in [0.15, 0.2) is 0 Å². The van der Waals surface area contributed by atoms with E-state index in [9.17, 15) is 4.79 Å². The van der Waals surface area contributed by atoms with Crippen molar-refractivity contribution in [1.29, 1.82) is 0 Å². The van der Waals surface area contributed by atoms with Gasteiger partial charge in [-0.25, -0.2) is 0 Å². The maximum absolute atomic E-state index is 12.3. The first-order chi connectivity index (χ1) is 8.72. The van der Waals surface area contributed by atoms with Gasteiger partial charge in [0, 0.05) is 31.4 Å². The van der Waals surface area contributed by atoms with Crippen LogP contribution in [0, 0.1) is 5.92 Å². The first-order valence-corrected chi connectivity index (χ1v) is 6.90. The van der Waals surface area contributed by atoms with Crippen molar-refractivity contribution in [3.8, 4) is 0 Å². The maximum atomic E-state index is 12.3. The van der Waals surface area contributed by atoms with Gasteiger partial charge in [-0.1, -0.05) is 13.8 Å². The summed E-state index contributed by atoms with van der Waals surface area (Å²) >= 11 is 0. The van der Waals surface area contributed by atoms with Crippen LogP contribution in [-0.2, 0) is 11.2 Å². The Bertz CT molecular complexity index is 347. The van der Waals surface area contributed by atoms with E-state index in [4.69, 9.17) is 0 Å². The Morgan fingerprint density at radius 2 is 1.83 bits per heavy atom. The molecule has 0 saturated carbocycles. The van der Waals surface area contributed by atoms with E-state index in [1.54, 1.807) is 12.4 Å². The monoisotopic (exact) mass is 248 g/mol. The highest BCUT2D eigenvalue weighted by Crippen LogP contribution is 2.12. The number of aromatic nitrogens is 1. The third-order valence-electron chi connectivity index (χ3n) is 3.45. The molecule has 0 atom stereocenters. The van der Waals surface area contributed by atoms with E-state index in [-0.39, 0.29) is 5.92 Å². The van der Waals surface area contributed by atoms with Crippen molar-refractivity contribution >= 4 is 5.91 Å². The summed E-state index contributed by atoms with van der Waals surface area (Å²) in [6, 6.07) is 4.02. The summed E-state index contributed by atoms with van der Waals surface area (Å²) in [5.41, 5.74) is 1.24. The lowest BCUT2D eigenvalue weighted by molar-refractivity contribution is -0.135. The predicted octanol–water partition coefficient (Wildman–Crippen LogP) is 2.91. The number of likely N-dealkylation sites (N-methyl/N-ethyl adjacent to an activating group) is 1. The second-order valence-electron chi connectivity index (χ2n) is 4.54. The molecule has 0 bridgehead atoms. The fourth-order valence-electron chi connectivity index (χ4n) is 2.13. The minimum Gasteiger partial charge on any atom is -0.342 e. The van der Waals surface area contributed by atoms with Crippen molar-refractivity contribution < 1.29 is 4.79 Å². The third-order valence-corrected chi connectivity index (χ3v) is 3.45. The predicted molar refractivity (Wildman–Crippen MR) is 74.3 cm³/mol. The summed E-state index contributed by atoms with van der Waals surface area (Å²) in [6.45, 7) is 7.81. The number of pyridine rings is 1. The lowest BCUT2D eigenvalue weighted by Crippen LogP contribution is -2.37. The third kappa shape index (κ3) is 4.13. The second kappa shape index (κ2) is 7.85. The van der Waals surface area contributed by atoms with Gasteiger partial charge in [0.05, 0.1) is 0 Å². The molecule has 3 nitrogen and oxygen atoms in total. The van der Waals surface area contributed by atoms with Crippen LogP contribution in [0.2, 0.25) is 0 Å². The van der Waals surface area contributed by atoms with Gasteiger partial charge in [0.2, 0.25) is 5.91 Å². The number of hydrogen-bond donors (Lipinski definition) is 0. The van der Waals surface area contributed by atoms with E-state index in [1.165, 1.54) is 5.56 Å². The van der Waals surface area contributed by atoms with Gasteiger partial charge in [-0.3, -0.25) is 9.78 Å². The van der Waals surface area contributed by atoms with Gasteiger partial charge in [0.1, 0.15) is 0 Å². The summed E-state index contributed by atoms with van der Waals surface area (Å²) < 4.78 is 0. The van der Waals surface area contributed by atoms with Crippen molar-refractivity contribution in [1.82, 2.24) is 9.88 Å². The van der Waals surface area contributed by atoms with E-state index in [1.807, 2.05) is 24.0 Å². The Balaban J connectivity index is 2.54. The number of rotatable bonds is 7. The Morgan fingerprint density at radius 1 is 1.22 bits per heavy atom. The SMILES string of the molecule is CCC(CC)C(=O)N(CC)CCc1ccncc1. The number of carbonyl (C=O) groups excluding carboxylic acids is 1. The van der Waals surface area contributed by atoms with E-state index in [0.29, 0.717) is 5.91 Å². The zero-order valence-corrected chi connectivity index (χ0v) is 11.7. The highest BCUT2D eigenvalue weighted by Gasteiger charge is 2.19. The van der Waals surface area contributed by atoms with Gasteiger partial charge < -0.3 is 4.90 Å². The Labute approximate surface area is 110 Å². The molecule has 1 amide bonds. The number of hydrogen-bond acceptors (Lipinski definition) is 2. The second-order valence-corrected chi connectivity index (χ2v) is 4.54. The van der Waals surface area contributed by atoms with Crippen molar-refractivity contribution in [3.05, 3.63) is 30.1 Å². The van der Waals surface area contributed by atoms with Crippen LogP contribution in [-0.4, -0.2) is 28.9 Å².